The molecular formula is C16H17NO2. The van der Waals surface area contributed by atoms with E-state index in [-0.39, 0.29) is 5.91 Å². The Morgan fingerprint density at radius 2 is 2.00 bits per heavy atom. The second kappa shape index (κ2) is 6.59. The first kappa shape index (κ1) is 13.1. The number of benzene rings is 1. The van der Waals surface area contributed by atoms with E-state index >= 15 is 0 Å². The molecule has 0 saturated carbocycles. The van der Waals surface area contributed by atoms with Gasteiger partial charge in [0.05, 0.1) is 11.8 Å². The molecule has 0 aliphatic rings. The number of nitrogens with one attached hydrogen (secondary N) is 1. The van der Waals surface area contributed by atoms with E-state index in [0.29, 0.717) is 17.9 Å². The molecule has 2 rings (SSSR count). The highest BCUT2D eigenvalue weighted by Crippen LogP contribution is 2.18. The summed E-state index contributed by atoms with van der Waals surface area (Å²) < 4.78 is 5.28. The van der Waals surface area contributed by atoms with Crippen LogP contribution in [0.5, 0.6) is 0 Å². The lowest BCUT2D eigenvalue weighted by Gasteiger charge is -2.08. The lowest BCUT2D eigenvalue weighted by molar-refractivity contribution is -0.115. The van der Waals surface area contributed by atoms with Crippen LogP contribution < -0.4 is 5.32 Å². The van der Waals surface area contributed by atoms with Crippen LogP contribution >= 0.6 is 0 Å². The molecule has 0 aliphatic heterocycles. The SMILES string of the molecule is CCCNC(=O)/C(=C/c1ccco1)c1ccccc1. The molecule has 1 aromatic heterocycles. The van der Waals surface area contributed by atoms with Crippen molar-refractivity contribution in [3.05, 3.63) is 60.1 Å². The van der Waals surface area contributed by atoms with Gasteiger partial charge in [0.15, 0.2) is 0 Å². The summed E-state index contributed by atoms with van der Waals surface area (Å²) in [6.07, 6.45) is 4.27. The quantitative estimate of drug-likeness (QED) is 0.832. The highest BCUT2D eigenvalue weighted by atomic mass is 16.3. The number of hydrogen-bond donors (Lipinski definition) is 1. The Kier molecular flexibility index (Phi) is 4.56. The minimum absolute atomic E-state index is 0.0792. The summed E-state index contributed by atoms with van der Waals surface area (Å²) in [4.78, 5) is 12.2. The van der Waals surface area contributed by atoms with Gasteiger partial charge in [-0.2, -0.15) is 0 Å². The second-order valence-electron chi connectivity index (χ2n) is 4.20. The van der Waals surface area contributed by atoms with Gasteiger partial charge in [-0.3, -0.25) is 4.79 Å². The van der Waals surface area contributed by atoms with Gasteiger partial charge < -0.3 is 9.73 Å². The zero-order chi connectivity index (χ0) is 13.5. The van der Waals surface area contributed by atoms with Crippen molar-refractivity contribution in [2.75, 3.05) is 6.54 Å². The van der Waals surface area contributed by atoms with Gasteiger partial charge in [-0.1, -0.05) is 37.3 Å². The highest BCUT2D eigenvalue weighted by molar-refractivity contribution is 6.24. The number of amides is 1. The Balaban J connectivity index is 2.31. The van der Waals surface area contributed by atoms with E-state index in [1.807, 2.05) is 43.3 Å². The molecular weight excluding hydrogens is 238 g/mol. The summed E-state index contributed by atoms with van der Waals surface area (Å²) in [5, 5.41) is 2.89. The van der Waals surface area contributed by atoms with Crippen LogP contribution in [0.1, 0.15) is 24.7 Å². The average Bonchev–Trinajstić information content (AvgIpc) is 2.96. The molecule has 1 N–H and O–H groups in total. The summed E-state index contributed by atoms with van der Waals surface area (Å²) in [5.74, 6) is 0.593. The Morgan fingerprint density at radius 1 is 1.21 bits per heavy atom. The van der Waals surface area contributed by atoms with Gasteiger partial charge in [0.25, 0.3) is 5.91 Å². The van der Waals surface area contributed by atoms with Gasteiger partial charge in [-0.25, -0.2) is 0 Å². The van der Waals surface area contributed by atoms with Gasteiger partial charge in [0.1, 0.15) is 5.76 Å². The van der Waals surface area contributed by atoms with Crippen LogP contribution in [0, 0.1) is 0 Å². The molecule has 0 unspecified atom stereocenters. The fourth-order valence-corrected chi connectivity index (χ4v) is 1.75. The number of furan rings is 1. The molecule has 1 aromatic carbocycles. The molecule has 0 fully saturated rings. The molecule has 1 heterocycles. The van der Waals surface area contributed by atoms with Crippen molar-refractivity contribution >= 4 is 17.6 Å². The number of carbonyl (C=O) groups is 1. The standard InChI is InChI=1S/C16H17NO2/c1-2-10-17-16(18)15(12-14-9-6-11-19-14)13-7-4-3-5-8-13/h3-9,11-12H,2,10H2,1H3,(H,17,18)/b15-12+. The Morgan fingerprint density at radius 3 is 2.63 bits per heavy atom. The first-order valence-electron chi connectivity index (χ1n) is 6.40. The maximum Gasteiger partial charge on any atom is 0.252 e. The maximum absolute atomic E-state index is 12.2. The smallest absolute Gasteiger partial charge is 0.252 e. The number of hydrogen-bond acceptors (Lipinski definition) is 2. The molecule has 0 radical (unpaired) electrons. The minimum atomic E-state index is -0.0792. The Hall–Kier alpha value is -2.29. The molecule has 0 aliphatic carbocycles. The first-order valence-corrected chi connectivity index (χ1v) is 6.40. The van der Waals surface area contributed by atoms with E-state index in [0.717, 1.165) is 12.0 Å². The van der Waals surface area contributed by atoms with Crippen LogP contribution in [-0.4, -0.2) is 12.5 Å². The van der Waals surface area contributed by atoms with Gasteiger partial charge in [0, 0.05) is 6.54 Å². The van der Waals surface area contributed by atoms with Gasteiger partial charge in [-0.05, 0) is 30.2 Å². The van der Waals surface area contributed by atoms with E-state index < -0.39 is 0 Å². The fraction of sp³-hybridized carbons (Fsp3) is 0.188. The van der Waals surface area contributed by atoms with Crippen molar-refractivity contribution < 1.29 is 9.21 Å². The normalized spacial score (nSPS) is 11.3. The Labute approximate surface area is 112 Å². The zero-order valence-corrected chi connectivity index (χ0v) is 10.9. The van der Waals surface area contributed by atoms with Crippen LogP contribution in [-0.2, 0) is 4.79 Å². The molecule has 19 heavy (non-hydrogen) atoms. The second-order valence-corrected chi connectivity index (χ2v) is 4.20. The lowest BCUT2D eigenvalue weighted by atomic mass is 10.0. The molecule has 0 spiro atoms. The highest BCUT2D eigenvalue weighted by Gasteiger charge is 2.11. The van der Waals surface area contributed by atoms with E-state index in [9.17, 15) is 4.79 Å². The number of carbonyl (C=O) groups excluding carboxylic acids is 1. The summed E-state index contributed by atoms with van der Waals surface area (Å²) in [7, 11) is 0. The van der Waals surface area contributed by atoms with E-state index in [1.54, 1.807) is 18.4 Å². The van der Waals surface area contributed by atoms with Crippen molar-refractivity contribution in [1.82, 2.24) is 5.32 Å². The predicted molar refractivity (Wildman–Crippen MR) is 76.3 cm³/mol. The zero-order valence-electron chi connectivity index (χ0n) is 10.9. The van der Waals surface area contributed by atoms with Crippen molar-refractivity contribution in [2.24, 2.45) is 0 Å². The lowest BCUT2D eigenvalue weighted by Crippen LogP contribution is -2.24. The van der Waals surface area contributed by atoms with Crippen LogP contribution in [0.15, 0.2) is 53.1 Å². The van der Waals surface area contributed by atoms with Crippen molar-refractivity contribution in [3.8, 4) is 0 Å². The molecule has 98 valence electrons. The minimum Gasteiger partial charge on any atom is -0.465 e. The van der Waals surface area contributed by atoms with Crippen molar-refractivity contribution in [2.45, 2.75) is 13.3 Å². The topological polar surface area (TPSA) is 42.2 Å². The van der Waals surface area contributed by atoms with Gasteiger partial charge >= 0.3 is 0 Å². The van der Waals surface area contributed by atoms with E-state index in [1.165, 1.54) is 0 Å². The molecule has 3 heteroatoms. The largest absolute Gasteiger partial charge is 0.465 e. The van der Waals surface area contributed by atoms with Gasteiger partial charge in [-0.15, -0.1) is 0 Å². The summed E-state index contributed by atoms with van der Waals surface area (Å²) >= 11 is 0. The van der Waals surface area contributed by atoms with Crippen molar-refractivity contribution in [3.63, 3.8) is 0 Å². The third-order valence-corrected chi connectivity index (χ3v) is 2.69. The van der Waals surface area contributed by atoms with Crippen LogP contribution in [0.25, 0.3) is 11.6 Å². The summed E-state index contributed by atoms with van der Waals surface area (Å²) in [6, 6.07) is 13.2. The monoisotopic (exact) mass is 255 g/mol. The number of rotatable bonds is 5. The summed E-state index contributed by atoms with van der Waals surface area (Å²) in [6.45, 7) is 2.69. The molecule has 0 saturated heterocycles. The molecule has 0 atom stereocenters. The van der Waals surface area contributed by atoms with Crippen molar-refractivity contribution in [1.29, 1.82) is 0 Å². The van der Waals surface area contributed by atoms with Crippen LogP contribution in [0.4, 0.5) is 0 Å². The van der Waals surface area contributed by atoms with Crippen LogP contribution in [0.3, 0.4) is 0 Å². The molecule has 3 nitrogen and oxygen atoms in total. The molecule has 2 aromatic rings. The molecule has 1 amide bonds. The first-order chi connectivity index (χ1) is 9.31. The third-order valence-electron chi connectivity index (χ3n) is 2.69. The predicted octanol–water partition coefficient (Wildman–Crippen LogP) is 3.35. The molecule has 0 bridgehead atoms. The third kappa shape index (κ3) is 3.58. The fourth-order valence-electron chi connectivity index (χ4n) is 1.75. The average molecular weight is 255 g/mol. The van der Waals surface area contributed by atoms with Gasteiger partial charge in [0.2, 0.25) is 0 Å². The maximum atomic E-state index is 12.2. The van der Waals surface area contributed by atoms with E-state index in [2.05, 4.69) is 5.32 Å². The van der Waals surface area contributed by atoms with Crippen LogP contribution in [0.2, 0.25) is 0 Å². The van der Waals surface area contributed by atoms with E-state index in [4.69, 9.17) is 4.42 Å². The summed E-state index contributed by atoms with van der Waals surface area (Å²) in [5.41, 5.74) is 1.50. The Bertz CT molecular complexity index is 541.